The van der Waals surface area contributed by atoms with Crippen molar-refractivity contribution >= 4 is 17.6 Å². The van der Waals surface area contributed by atoms with Crippen LogP contribution < -0.4 is 10.2 Å². The van der Waals surface area contributed by atoms with Crippen LogP contribution in [0.5, 0.6) is 0 Å². The van der Waals surface area contributed by atoms with Crippen LogP contribution >= 0.6 is 0 Å². The molecule has 1 N–H and O–H groups in total. The highest BCUT2D eigenvalue weighted by Crippen LogP contribution is 2.29. The number of carbonyl (C=O) groups excluding carboxylic acids is 2. The summed E-state index contributed by atoms with van der Waals surface area (Å²) in [6.45, 7) is 7.05. The highest BCUT2D eigenvalue weighted by atomic mass is 16.2. The van der Waals surface area contributed by atoms with Gasteiger partial charge in [-0.3, -0.25) is 9.59 Å². The van der Waals surface area contributed by atoms with E-state index in [9.17, 15) is 9.59 Å². The molecule has 1 aromatic heterocycles. The fourth-order valence-electron chi connectivity index (χ4n) is 3.25. The highest BCUT2D eigenvalue weighted by molar-refractivity contribution is 5.89. The molecule has 6 heteroatoms. The molecule has 0 bridgehead atoms. The lowest BCUT2D eigenvalue weighted by Gasteiger charge is -2.37. The molecule has 1 aromatic rings. The van der Waals surface area contributed by atoms with E-state index in [1.807, 2.05) is 23.1 Å². The summed E-state index contributed by atoms with van der Waals surface area (Å²) in [5.74, 6) is 1.55. The maximum Gasteiger partial charge on any atom is 0.245 e. The molecule has 3 rings (SSSR count). The molecular formula is C19H28N4O2. The summed E-state index contributed by atoms with van der Waals surface area (Å²) in [6.07, 6.45) is 4.39. The van der Waals surface area contributed by atoms with Gasteiger partial charge in [0.1, 0.15) is 11.9 Å². The predicted octanol–water partition coefficient (Wildman–Crippen LogP) is 1.67. The van der Waals surface area contributed by atoms with Gasteiger partial charge in [-0.1, -0.05) is 19.9 Å². The molecule has 0 radical (unpaired) electrons. The number of aromatic nitrogens is 1. The number of carbonyl (C=O) groups is 2. The fraction of sp³-hybridized carbons (Fsp3) is 0.632. The van der Waals surface area contributed by atoms with Crippen LogP contribution in [-0.4, -0.2) is 53.9 Å². The third-order valence-corrected chi connectivity index (χ3v) is 4.83. The van der Waals surface area contributed by atoms with E-state index in [-0.39, 0.29) is 17.7 Å². The van der Waals surface area contributed by atoms with Gasteiger partial charge in [-0.2, -0.15) is 0 Å². The van der Waals surface area contributed by atoms with Gasteiger partial charge in [0.25, 0.3) is 0 Å². The lowest BCUT2D eigenvalue weighted by molar-refractivity contribution is -0.137. The van der Waals surface area contributed by atoms with Crippen molar-refractivity contribution in [3.05, 3.63) is 24.4 Å². The second-order valence-corrected chi connectivity index (χ2v) is 7.47. The van der Waals surface area contributed by atoms with Gasteiger partial charge in [-0.25, -0.2) is 4.98 Å². The van der Waals surface area contributed by atoms with Crippen LogP contribution in [0.1, 0.15) is 33.1 Å². The molecule has 1 aliphatic heterocycles. The van der Waals surface area contributed by atoms with E-state index in [1.54, 1.807) is 6.20 Å². The lowest BCUT2D eigenvalue weighted by Crippen LogP contribution is -2.55. The Bertz CT molecular complexity index is 593. The van der Waals surface area contributed by atoms with E-state index in [0.29, 0.717) is 25.4 Å². The van der Waals surface area contributed by atoms with E-state index in [1.165, 1.54) is 0 Å². The number of nitrogens with zero attached hydrogens (tertiary/aromatic N) is 3. The summed E-state index contributed by atoms with van der Waals surface area (Å²) >= 11 is 0. The van der Waals surface area contributed by atoms with Crippen molar-refractivity contribution < 1.29 is 9.59 Å². The first-order valence-electron chi connectivity index (χ1n) is 9.29. The second kappa shape index (κ2) is 7.85. The molecule has 1 aliphatic carbocycles. The third-order valence-electron chi connectivity index (χ3n) is 4.83. The average Bonchev–Trinajstić information content (AvgIpc) is 3.46. The molecular weight excluding hydrogens is 316 g/mol. The molecule has 1 saturated heterocycles. The van der Waals surface area contributed by atoms with Crippen molar-refractivity contribution in [2.24, 2.45) is 11.8 Å². The monoisotopic (exact) mass is 344 g/mol. The van der Waals surface area contributed by atoms with E-state index >= 15 is 0 Å². The largest absolute Gasteiger partial charge is 0.353 e. The number of piperazine rings is 1. The van der Waals surface area contributed by atoms with E-state index in [0.717, 1.165) is 31.7 Å². The Morgan fingerprint density at radius 3 is 2.48 bits per heavy atom. The van der Waals surface area contributed by atoms with Crippen molar-refractivity contribution in [2.45, 2.75) is 39.2 Å². The van der Waals surface area contributed by atoms with Crippen LogP contribution in [-0.2, 0) is 9.59 Å². The summed E-state index contributed by atoms with van der Waals surface area (Å²) in [5.41, 5.74) is 0. The van der Waals surface area contributed by atoms with Crippen molar-refractivity contribution in [2.75, 3.05) is 31.1 Å². The molecule has 2 fully saturated rings. The van der Waals surface area contributed by atoms with Crippen LogP contribution in [0.3, 0.4) is 0 Å². The van der Waals surface area contributed by atoms with E-state index in [4.69, 9.17) is 0 Å². The molecule has 1 unspecified atom stereocenters. The smallest absolute Gasteiger partial charge is 0.245 e. The maximum atomic E-state index is 12.9. The fourth-order valence-corrected chi connectivity index (χ4v) is 3.25. The summed E-state index contributed by atoms with van der Waals surface area (Å²) in [4.78, 5) is 33.5. The summed E-state index contributed by atoms with van der Waals surface area (Å²) in [5, 5.41) is 2.99. The molecule has 1 saturated carbocycles. The van der Waals surface area contributed by atoms with Gasteiger partial charge in [0.2, 0.25) is 11.8 Å². The molecule has 2 aliphatic rings. The Labute approximate surface area is 149 Å². The minimum absolute atomic E-state index is 0.0473. The van der Waals surface area contributed by atoms with Gasteiger partial charge in [0.05, 0.1) is 0 Å². The lowest BCUT2D eigenvalue weighted by atomic mass is 10.0. The topological polar surface area (TPSA) is 65.5 Å². The Kier molecular flexibility index (Phi) is 5.56. The SMILES string of the molecule is CC(C)CC(NC(=O)C1CC1)C(=O)N1CCN(c2ccccn2)CC1. The predicted molar refractivity (Wildman–Crippen MR) is 97.1 cm³/mol. The normalized spacial score (nSPS) is 19.0. The molecule has 2 amide bonds. The van der Waals surface area contributed by atoms with Crippen LogP contribution in [0.25, 0.3) is 0 Å². The number of amides is 2. The first kappa shape index (κ1) is 17.7. The molecule has 1 atom stereocenters. The summed E-state index contributed by atoms with van der Waals surface area (Å²) < 4.78 is 0. The van der Waals surface area contributed by atoms with Crippen molar-refractivity contribution in [3.8, 4) is 0 Å². The van der Waals surface area contributed by atoms with Crippen LogP contribution in [0.4, 0.5) is 5.82 Å². The zero-order valence-corrected chi connectivity index (χ0v) is 15.1. The minimum atomic E-state index is -0.394. The molecule has 25 heavy (non-hydrogen) atoms. The standard InChI is InChI=1S/C19H28N4O2/c1-14(2)13-16(21-18(24)15-6-7-15)19(25)23-11-9-22(10-12-23)17-5-3-4-8-20-17/h3-5,8,14-16H,6-7,9-13H2,1-2H3,(H,21,24). The highest BCUT2D eigenvalue weighted by Gasteiger charge is 2.34. The van der Waals surface area contributed by atoms with Crippen molar-refractivity contribution in [1.29, 1.82) is 0 Å². The van der Waals surface area contributed by atoms with Crippen molar-refractivity contribution in [1.82, 2.24) is 15.2 Å². The Morgan fingerprint density at radius 2 is 1.92 bits per heavy atom. The Hall–Kier alpha value is -2.11. The quantitative estimate of drug-likeness (QED) is 0.853. The molecule has 6 nitrogen and oxygen atoms in total. The molecule has 0 spiro atoms. The number of pyridine rings is 1. The molecule has 2 heterocycles. The zero-order valence-electron chi connectivity index (χ0n) is 15.1. The van der Waals surface area contributed by atoms with Crippen LogP contribution in [0.2, 0.25) is 0 Å². The number of hydrogen-bond acceptors (Lipinski definition) is 4. The van der Waals surface area contributed by atoms with E-state index < -0.39 is 6.04 Å². The number of anilines is 1. The number of rotatable bonds is 6. The summed E-state index contributed by atoms with van der Waals surface area (Å²) in [7, 11) is 0. The minimum Gasteiger partial charge on any atom is -0.353 e. The molecule has 0 aromatic carbocycles. The van der Waals surface area contributed by atoms with E-state index in [2.05, 4.69) is 29.0 Å². The molecule has 136 valence electrons. The van der Waals surface area contributed by atoms with Crippen LogP contribution in [0.15, 0.2) is 24.4 Å². The third kappa shape index (κ3) is 4.71. The number of nitrogens with one attached hydrogen (secondary N) is 1. The van der Waals surface area contributed by atoms with Gasteiger partial charge in [-0.05, 0) is 37.3 Å². The van der Waals surface area contributed by atoms with Crippen LogP contribution in [0, 0.1) is 11.8 Å². The van der Waals surface area contributed by atoms with Gasteiger partial charge < -0.3 is 15.1 Å². The number of hydrogen-bond donors (Lipinski definition) is 1. The van der Waals surface area contributed by atoms with Gasteiger partial charge in [0, 0.05) is 38.3 Å². The zero-order chi connectivity index (χ0) is 17.8. The van der Waals surface area contributed by atoms with Gasteiger partial charge in [0.15, 0.2) is 0 Å². The first-order chi connectivity index (χ1) is 12.0. The summed E-state index contributed by atoms with van der Waals surface area (Å²) in [6, 6.07) is 5.48. The van der Waals surface area contributed by atoms with Gasteiger partial charge >= 0.3 is 0 Å². The average molecular weight is 344 g/mol. The Balaban J connectivity index is 1.57. The maximum absolute atomic E-state index is 12.9. The first-order valence-corrected chi connectivity index (χ1v) is 9.29. The van der Waals surface area contributed by atoms with Gasteiger partial charge in [-0.15, -0.1) is 0 Å². The second-order valence-electron chi connectivity index (χ2n) is 7.47. The Morgan fingerprint density at radius 1 is 1.20 bits per heavy atom. The van der Waals surface area contributed by atoms with Crippen molar-refractivity contribution in [3.63, 3.8) is 0 Å².